The second-order valence-corrected chi connectivity index (χ2v) is 15.3. The van der Waals surface area contributed by atoms with Crippen LogP contribution in [0.15, 0.2) is 48.0 Å². The number of rotatable bonds is 7. The van der Waals surface area contributed by atoms with Crippen LogP contribution in [0.1, 0.15) is 78.7 Å². The number of carbonyl (C=O) groups excluding carboxylic acids is 4. The van der Waals surface area contributed by atoms with Crippen LogP contribution >= 0.6 is 11.3 Å². The van der Waals surface area contributed by atoms with E-state index >= 15 is 0 Å². The molecule has 1 saturated heterocycles. The molecule has 0 radical (unpaired) electrons. The third-order valence-corrected chi connectivity index (χ3v) is 10.3. The SMILES string of the molecule is CCOC(=O)[C@@]12CC1/C=C\CCCCC[C@H](NC(=O)OC(C)(C)C)C(=O)N1CC(n3nc(-c4ccc(OC)cc4)c(-c4nccs4)n3)C[C@H]1C(=O)N2. The lowest BCUT2D eigenvalue weighted by molar-refractivity contribution is -0.150. The van der Waals surface area contributed by atoms with Crippen LogP contribution in [-0.4, -0.2) is 92.2 Å². The minimum atomic E-state index is -1.21. The normalized spacial score (nSPS) is 25.8. The molecule has 2 unspecified atom stereocenters. The van der Waals surface area contributed by atoms with Crippen LogP contribution in [0.4, 0.5) is 4.79 Å². The highest BCUT2D eigenvalue weighted by Crippen LogP contribution is 2.46. The molecule has 14 nitrogen and oxygen atoms in total. The van der Waals surface area contributed by atoms with Gasteiger partial charge in [-0.15, -0.1) is 16.4 Å². The van der Waals surface area contributed by atoms with Crippen molar-refractivity contribution < 1.29 is 33.4 Å². The van der Waals surface area contributed by atoms with Crippen molar-refractivity contribution in [2.75, 3.05) is 20.3 Å². The van der Waals surface area contributed by atoms with E-state index in [0.717, 1.165) is 24.8 Å². The Morgan fingerprint density at radius 2 is 1.87 bits per heavy atom. The number of amides is 3. The highest BCUT2D eigenvalue weighted by Gasteiger charge is 2.62. The maximum absolute atomic E-state index is 14.5. The first kappa shape index (κ1) is 37.0. The molecule has 0 bridgehead atoms. The standard InChI is InChI=1S/C37H47N7O7S/c1-6-50-34(47)37-21-24(37)12-10-8-7-9-11-13-27(39-35(48)51-36(2,3)4)33(46)43-22-25(20-28(43)31(45)40-37)44-41-29(23-14-16-26(49-5)17-15-23)30(42-44)32-38-18-19-52-32/h10,12,14-19,24-25,27-28H,6-9,11,13,20-22H2,1-5H3,(H,39,48)(H,40,45)/b12-10-/t24?,25?,27-,28-,37+/m0/s1. The Kier molecular flexibility index (Phi) is 11.0. The zero-order valence-corrected chi connectivity index (χ0v) is 31.1. The Hall–Kier alpha value is -4.79. The summed E-state index contributed by atoms with van der Waals surface area (Å²) >= 11 is 1.43. The molecule has 6 rings (SSSR count). The van der Waals surface area contributed by atoms with E-state index in [0.29, 0.717) is 41.4 Å². The summed E-state index contributed by atoms with van der Waals surface area (Å²) in [5.41, 5.74) is -0.0287. The maximum atomic E-state index is 14.5. The number of methoxy groups -OCH3 is 1. The molecule has 0 spiro atoms. The van der Waals surface area contributed by atoms with Gasteiger partial charge in [-0.3, -0.25) is 9.59 Å². The van der Waals surface area contributed by atoms with Crippen molar-refractivity contribution in [1.29, 1.82) is 0 Å². The summed E-state index contributed by atoms with van der Waals surface area (Å²) in [6, 6.07) is 5.02. The highest BCUT2D eigenvalue weighted by molar-refractivity contribution is 7.13. The molecule has 2 aliphatic heterocycles. The van der Waals surface area contributed by atoms with Gasteiger partial charge in [0, 0.05) is 36.0 Å². The summed E-state index contributed by atoms with van der Waals surface area (Å²) in [6.45, 7) is 7.26. The van der Waals surface area contributed by atoms with Crippen LogP contribution in [0, 0.1) is 5.92 Å². The van der Waals surface area contributed by atoms with Crippen molar-refractivity contribution in [2.45, 2.75) is 102 Å². The molecule has 3 aromatic rings. The monoisotopic (exact) mass is 733 g/mol. The number of nitrogens with one attached hydrogen (secondary N) is 2. The minimum Gasteiger partial charge on any atom is -0.497 e. The molecule has 2 N–H and O–H groups in total. The Morgan fingerprint density at radius 1 is 1.10 bits per heavy atom. The number of carbonyl (C=O) groups is 4. The molecular weight excluding hydrogens is 687 g/mol. The minimum absolute atomic E-state index is 0.0905. The van der Waals surface area contributed by atoms with Crippen LogP contribution < -0.4 is 15.4 Å². The molecule has 3 amide bonds. The van der Waals surface area contributed by atoms with Crippen molar-refractivity contribution in [2.24, 2.45) is 5.92 Å². The fraction of sp³-hybridized carbons (Fsp3) is 0.541. The second kappa shape index (κ2) is 15.4. The van der Waals surface area contributed by atoms with Gasteiger partial charge in [0.15, 0.2) is 0 Å². The Bertz CT molecular complexity index is 1790. The van der Waals surface area contributed by atoms with Crippen molar-refractivity contribution in [3.63, 3.8) is 0 Å². The van der Waals surface area contributed by atoms with Gasteiger partial charge in [0.2, 0.25) is 11.8 Å². The van der Waals surface area contributed by atoms with E-state index in [1.165, 1.54) is 16.2 Å². The van der Waals surface area contributed by atoms with E-state index in [4.69, 9.17) is 24.4 Å². The van der Waals surface area contributed by atoms with Crippen molar-refractivity contribution in [1.82, 2.24) is 35.5 Å². The number of benzene rings is 1. The van der Waals surface area contributed by atoms with E-state index in [9.17, 15) is 19.2 Å². The lowest BCUT2D eigenvalue weighted by atomic mass is 10.0. The van der Waals surface area contributed by atoms with Crippen LogP contribution in [0.2, 0.25) is 0 Å². The number of aromatic nitrogens is 4. The van der Waals surface area contributed by atoms with Gasteiger partial charge < -0.3 is 29.7 Å². The smallest absolute Gasteiger partial charge is 0.408 e. The molecule has 2 aromatic heterocycles. The van der Waals surface area contributed by atoms with Gasteiger partial charge in [-0.1, -0.05) is 25.0 Å². The number of esters is 1. The predicted octanol–water partition coefficient (Wildman–Crippen LogP) is 5.07. The quantitative estimate of drug-likeness (QED) is 0.247. The number of hydrogen-bond donors (Lipinski definition) is 2. The molecule has 1 aliphatic carbocycles. The first-order chi connectivity index (χ1) is 24.9. The number of hydrogen-bond acceptors (Lipinski definition) is 11. The van der Waals surface area contributed by atoms with Crippen molar-refractivity contribution in [3.05, 3.63) is 48.0 Å². The van der Waals surface area contributed by atoms with Crippen molar-refractivity contribution in [3.8, 4) is 27.7 Å². The number of thiazole rings is 1. The number of allylic oxidation sites excluding steroid dienone is 1. The highest BCUT2D eigenvalue weighted by atomic mass is 32.1. The van der Waals surface area contributed by atoms with Gasteiger partial charge in [-0.2, -0.15) is 9.90 Å². The average molecular weight is 734 g/mol. The van der Waals surface area contributed by atoms with E-state index in [1.807, 2.05) is 41.8 Å². The molecule has 4 heterocycles. The fourth-order valence-electron chi connectivity index (χ4n) is 6.85. The summed E-state index contributed by atoms with van der Waals surface area (Å²) < 4.78 is 16.3. The van der Waals surface area contributed by atoms with E-state index in [1.54, 1.807) is 45.8 Å². The lowest BCUT2D eigenvalue weighted by Crippen LogP contribution is -2.56. The number of alkyl carbamates (subject to hydrolysis) is 1. The van der Waals surface area contributed by atoms with Crippen LogP contribution in [0.25, 0.3) is 22.0 Å². The fourth-order valence-corrected chi connectivity index (χ4v) is 7.48. The van der Waals surface area contributed by atoms with Gasteiger partial charge in [0.05, 0.1) is 19.8 Å². The molecule has 1 aromatic carbocycles. The van der Waals surface area contributed by atoms with Crippen LogP contribution in [0.5, 0.6) is 5.75 Å². The third-order valence-electron chi connectivity index (χ3n) is 9.54. The summed E-state index contributed by atoms with van der Waals surface area (Å²) in [7, 11) is 1.60. The van der Waals surface area contributed by atoms with Crippen LogP contribution in [-0.2, 0) is 23.9 Å². The first-order valence-corrected chi connectivity index (χ1v) is 18.8. The van der Waals surface area contributed by atoms with Gasteiger partial charge >= 0.3 is 12.1 Å². The lowest BCUT2D eigenvalue weighted by Gasteiger charge is -2.30. The average Bonchev–Trinajstić information content (AvgIpc) is 3.57. The Labute approximate surface area is 307 Å². The Morgan fingerprint density at radius 3 is 2.56 bits per heavy atom. The number of fused-ring (bicyclic) bond motifs is 2. The molecule has 52 heavy (non-hydrogen) atoms. The molecular formula is C37H47N7O7S. The zero-order valence-electron chi connectivity index (χ0n) is 30.3. The van der Waals surface area contributed by atoms with Crippen molar-refractivity contribution >= 4 is 35.2 Å². The summed E-state index contributed by atoms with van der Waals surface area (Å²) in [5.74, 6) is -0.912. The van der Waals surface area contributed by atoms with E-state index in [2.05, 4.69) is 15.6 Å². The maximum Gasteiger partial charge on any atom is 0.408 e. The van der Waals surface area contributed by atoms with Gasteiger partial charge in [0.25, 0.3) is 0 Å². The summed E-state index contributed by atoms with van der Waals surface area (Å²) in [6.07, 6.45) is 9.11. The molecule has 3 aliphatic rings. The number of nitrogens with zero attached hydrogens (tertiary/aromatic N) is 5. The van der Waals surface area contributed by atoms with E-state index < -0.39 is 53.1 Å². The largest absolute Gasteiger partial charge is 0.497 e. The Balaban J connectivity index is 1.36. The van der Waals surface area contributed by atoms with Crippen LogP contribution in [0.3, 0.4) is 0 Å². The third kappa shape index (κ3) is 8.14. The number of ether oxygens (including phenoxy) is 3. The zero-order chi connectivity index (χ0) is 37.0. The summed E-state index contributed by atoms with van der Waals surface area (Å²) in [5, 5.41) is 18.1. The molecule has 1 saturated carbocycles. The summed E-state index contributed by atoms with van der Waals surface area (Å²) in [4.78, 5) is 62.7. The van der Waals surface area contributed by atoms with Gasteiger partial charge in [0.1, 0.15) is 45.4 Å². The first-order valence-electron chi connectivity index (χ1n) is 17.9. The predicted molar refractivity (Wildman–Crippen MR) is 193 cm³/mol. The molecule has 278 valence electrons. The topological polar surface area (TPSA) is 167 Å². The van der Waals surface area contributed by atoms with Gasteiger partial charge in [-0.05, 0) is 77.6 Å². The second-order valence-electron chi connectivity index (χ2n) is 14.4. The molecule has 15 heteroatoms. The van der Waals surface area contributed by atoms with E-state index in [-0.39, 0.29) is 25.5 Å². The molecule has 2 fully saturated rings. The molecule has 5 atom stereocenters. The van der Waals surface area contributed by atoms with Gasteiger partial charge in [-0.25, -0.2) is 14.6 Å².